The Kier molecular flexibility index (Phi) is 7.52. The van der Waals surface area contributed by atoms with Crippen LogP contribution in [0.15, 0.2) is 47.4 Å². The summed E-state index contributed by atoms with van der Waals surface area (Å²) in [5.74, 6) is -0.327. The van der Waals surface area contributed by atoms with E-state index in [0.29, 0.717) is 18.8 Å². The van der Waals surface area contributed by atoms with Crippen molar-refractivity contribution >= 4 is 27.3 Å². The third kappa shape index (κ3) is 5.33. The lowest BCUT2D eigenvalue weighted by molar-refractivity contribution is -0.384. The van der Waals surface area contributed by atoms with Gasteiger partial charge in [-0.1, -0.05) is 19.9 Å². The third-order valence-electron chi connectivity index (χ3n) is 4.22. The zero-order valence-corrected chi connectivity index (χ0v) is 18.1. The number of non-ortho nitro benzene ring substituents is 1. The summed E-state index contributed by atoms with van der Waals surface area (Å²) in [7, 11) is -3.75. The maximum absolute atomic E-state index is 12.9. The minimum atomic E-state index is -3.75. The van der Waals surface area contributed by atoms with Gasteiger partial charge in [-0.25, -0.2) is 8.42 Å². The summed E-state index contributed by atoms with van der Waals surface area (Å²) in [5.41, 5.74) is 0.00398. The largest absolute Gasteiger partial charge is 0.489 e. The molecule has 0 aliphatic rings. The number of nitrogens with one attached hydrogen (secondary N) is 1. The van der Waals surface area contributed by atoms with Crippen molar-refractivity contribution in [2.45, 2.75) is 38.7 Å². The first-order chi connectivity index (χ1) is 14.1. The van der Waals surface area contributed by atoms with Gasteiger partial charge in [-0.3, -0.25) is 14.9 Å². The zero-order valence-electron chi connectivity index (χ0n) is 17.3. The average molecular weight is 436 g/mol. The van der Waals surface area contributed by atoms with Crippen LogP contribution in [0.25, 0.3) is 0 Å². The number of hydrogen-bond acceptors (Lipinski definition) is 6. The maximum Gasteiger partial charge on any atom is 0.270 e. The zero-order chi connectivity index (χ0) is 22.5. The van der Waals surface area contributed by atoms with Crippen LogP contribution in [0.2, 0.25) is 0 Å². The number of sulfonamides is 1. The first-order valence-corrected chi connectivity index (χ1v) is 10.9. The number of nitrogens with zero attached hydrogens (tertiary/aromatic N) is 2. The molecule has 30 heavy (non-hydrogen) atoms. The highest BCUT2D eigenvalue weighted by molar-refractivity contribution is 7.89. The van der Waals surface area contributed by atoms with Crippen molar-refractivity contribution in [1.82, 2.24) is 4.31 Å². The van der Waals surface area contributed by atoms with E-state index in [9.17, 15) is 23.3 Å². The molecule has 10 heteroatoms. The van der Waals surface area contributed by atoms with Crippen molar-refractivity contribution in [3.8, 4) is 5.75 Å². The molecular weight excluding hydrogens is 410 g/mol. The van der Waals surface area contributed by atoms with Gasteiger partial charge in [-0.05, 0) is 38.1 Å². The Morgan fingerprint density at radius 1 is 1.17 bits per heavy atom. The second-order valence-electron chi connectivity index (χ2n) is 6.68. The fourth-order valence-electron chi connectivity index (χ4n) is 2.79. The Hall–Kier alpha value is -2.98. The number of carbonyl (C=O) groups is 1. The van der Waals surface area contributed by atoms with E-state index in [1.54, 1.807) is 27.7 Å². The standard InChI is InChI=1S/C20H25N3O6S/c1-5-22(6-2)30(27,28)17-10-11-19(29-14(3)4)18(13-17)21-20(24)15-8-7-9-16(12-15)23(25)26/h7-14H,5-6H2,1-4H3,(H,21,24). The second kappa shape index (κ2) is 9.68. The van der Waals surface area contributed by atoms with Crippen LogP contribution in [-0.2, 0) is 10.0 Å². The molecule has 0 aliphatic heterocycles. The molecule has 162 valence electrons. The minimum Gasteiger partial charge on any atom is -0.489 e. The van der Waals surface area contributed by atoms with Crippen LogP contribution in [0.1, 0.15) is 38.1 Å². The van der Waals surface area contributed by atoms with Gasteiger partial charge in [0.1, 0.15) is 5.75 Å². The van der Waals surface area contributed by atoms with Crippen molar-refractivity contribution in [2.24, 2.45) is 0 Å². The molecule has 0 fully saturated rings. The smallest absolute Gasteiger partial charge is 0.270 e. The van der Waals surface area contributed by atoms with E-state index < -0.39 is 20.9 Å². The van der Waals surface area contributed by atoms with Gasteiger partial charge in [0.25, 0.3) is 11.6 Å². The van der Waals surface area contributed by atoms with Crippen LogP contribution in [0.3, 0.4) is 0 Å². The van der Waals surface area contributed by atoms with E-state index >= 15 is 0 Å². The van der Waals surface area contributed by atoms with Crippen molar-refractivity contribution in [2.75, 3.05) is 18.4 Å². The van der Waals surface area contributed by atoms with Crippen LogP contribution in [-0.4, -0.2) is 42.7 Å². The highest BCUT2D eigenvalue weighted by atomic mass is 32.2. The molecule has 0 aliphatic carbocycles. The molecule has 9 nitrogen and oxygen atoms in total. The Labute approximate surface area is 175 Å². The number of nitro benzene ring substituents is 1. The Morgan fingerprint density at radius 3 is 2.40 bits per heavy atom. The van der Waals surface area contributed by atoms with Crippen molar-refractivity contribution in [3.63, 3.8) is 0 Å². The molecule has 0 aromatic heterocycles. The van der Waals surface area contributed by atoms with E-state index in [1.807, 2.05) is 0 Å². The van der Waals surface area contributed by atoms with E-state index in [0.717, 1.165) is 6.07 Å². The van der Waals surface area contributed by atoms with Gasteiger partial charge in [-0.2, -0.15) is 4.31 Å². The second-order valence-corrected chi connectivity index (χ2v) is 8.61. The van der Waals surface area contributed by atoms with Gasteiger partial charge in [0.2, 0.25) is 10.0 Å². The number of ether oxygens (including phenoxy) is 1. The number of nitro groups is 1. The van der Waals surface area contributed by atoms with Crippen LogP contribution in [0.5, 0.6) is 5.75 Å². The van der Waals surface area contributed by atoms with Gasteiger partial charge >= 0.3 is 0 Å². The summed E-state index contributed by atoms with van der Waals surface area (Å²) in [6, 6.07) is 9.51. The Morgan fingerprint density at radius 2 is 1.83 bits per heavy atom. The molecule has 1 N–H and O–H groups in total. The van der Waals surface area contributed by atoms with E-state index in [4.69, 9.17) is 4.74 Å². The number of hydrogen-bond donors (Lipinski definition) is 1. The molecule has 0 saturated heterocycles. The summed E-state index contributed by atoms with van der Waals surface area (Å²) in [6.07, 6.45) is -0.219. The fourth-order valence-corrected chi connectivity index (χ4v) is 4.28. The summed E-state index contributed by atoms with van der Waals surface area (Å²) < 4.78 is 32.7. The number of carbonyl (C=O) groups excluding carboxylic acids is 1. The van der Waals surface area contributed by atoms with Crippen LogP contribution < -0.4 is 10.1 Å². The molecule has 2 aromatic carbocycles. The molecule has 0 heterocycles. The molecule has 0 radical (unpaired) electrons. The van der Waals surface area contributed by atoms with E-state index in [2.05, 4.69) is 5.32 Å². The summed E-state index contributed by atoms with van der Waals surface area (Å²) >= 11 is 0. The van der Waals surface area contributed by atoms with E-state index in [-0.39, 0.29) is 27.9 Å². The summed E-state index contributed by atoms with van der Waals surface area (Å²) in [6.45, 7) is 7.68. The van der Waals surface area contributed by atoms with Crippen LogP contribution in [0.4, 0.5) is 11.4 Å². The lowest BCUT2D eigenvalue weighted by atomic mass is 10.2. The molecule has 0 spiro atoms. The molecule has 2 rings (SSSR count). The Bertz CT molecular complexity index is 1030. The molecule has 2 aromatic rings. The molecule has 0 bridgehead atoms. The maximum atomic E-state index is 12.9. The first-order valence-electron chi connectivity index (χ1n) is 9.46. The minimum absolute atomic E-state index is 0.0108. The summed E-state index contributed by atoms with van der Waals surface area (Å²) in [5, 5.41) is 13.6. The monoisotopic (exact) mass is 435 g/mol. The highest BCUT2D eigenvalue weighted by Gasteiger charge is 2.24. The molecular formula is C20H25N3O6S. The van der Waals surface area contributed by atoms with Crippen LogP contribution >= 0.6 is 0 Å². The number of amides is 1. The van der Waals surface area contributed by atoms with Crippen molar-refractivity contribution < 1.29 is 22.9 Å². The molecule has 0 atom stereocenters. The van der Waals surface area contributed by atoms with Gasteiger partial charge < -0.3 is 10.1 Å². The molecule has 0 saturated carbocycles. The number of rotatable bonds is 9. The van der Waals surface area contributed by atoms with Gasteiger partial charge in [0, 0.05) is 30.8 Å². The van der Waals surface area contributed by atoms with Gasteiger partial charge in [0.15, 0.2) is 0 Å². The Balaban J connectivity index is 2.46. The molecule has 1 amide bonds. The lowest BCUT2D eigenvalue weighted by Gasteiger charge is -2.20. The predicted molar refractivity (Wildman–Crippen MR) is 113 cm³/mol. The molecule has 0 unspecified atom stereocenters. The van der Waals surface area contributed by atoms with E-state index in [1.165, 1.54) is 40.7 Å². The first kappa shape index (κ1) is 23.3. The quantitative estimate of drug-likeness (QED) is 0.474. The number of anilines is 1. The topological polar surface area (TPSA) is 119 Å². The number of benzene rings is 2. The SMILES string of the molecule is CCN(CC)S(=O)(=O)c1ccc(OC(C)C)c(NC(=O)c2cccc([N+](=O)[O-])c2)c1. The third-order valence-corrected chi connectivity index (χ3v) is 6.27. The average Bonchev–Trinajstić information content (AvgIpc) is 2.69. The fraction of sp³-hybridized carbons (Fsp3) is 0.350. The summed E-state index contributed by atoms with van der Waals surface area (Å²) in [4.78, 5) is 23.1. The van der Waals surface area contributed by atoms with Crippen molar-refractivity contribution in [1.29, 1.82) is 0 Å². The van der Waals surface area contributed by atoms with Crippen LogP contribution in [0, 0.1) is 10.1 Å². The van der Waals surface area contributed by atoms with Gasteiger partial charge in [0.05, 0.1) is 21.6 Å². The predicted octanol–water partition coefficient (Wildman–Crippen LogP) is 3.66. The van der Waals surface area contributed by atoms with Gasteiger partial charge in [-0.15, -0.1) is 0 Å². The lowest BCUT2D eigenvalue weighted by Crippen LogP contribution is -2.30. The highest BCUT2D eigenvalue weighted by Crippen LogP contribution is 2.30. The van der Waals surface area contributed by atoms with Crippen molar-refractivity contribution in [3.05, 3.63) is 58.1 Å². The normalized spacial score (nSPS) is 11.5.